The second-order valence-corrected chi connectivity index (χ2v) is 4.00. The van der Waals surface area contributed by atoms with E-state index in [1.165, 1.54) is 5.82 Å². The van der Waals surface area contributed by atoms with Gasteiger partial charge in [0, 0.05) is 12.7 Å². The summed E-state index contributed by atoms with van der Waals surface area (Å²) in [4.78, 5) is 4.46. The maximum atomic E-state index is 4.46. The highest BCUT2D eigenvalue weighted by molar-refractivity contribution is 7.98. The molecule has 2 nitrogen and oxygen atoms in total. The molecular formula is C9H16N2S. The van der Waals surface area contributed by atoms with E-state index in [1.807, 2.05) is 18.7 Å². The average molecular weight is 184 g/mol. The molecule has 0 aromatic carbocycles. The molecule has 1 aromatic rings. The third-order valence-corrected chi connectivity index (χ3v) is 2.63. The summed E-state index contributed by atoms with van der Waals surface area (Å²) in [6, 6.07) is 0. The number of aryl methyl sites for hydroxylation is 2. The summed E-state index contributed by atoms with van der Waals surface area (Å²) >= 11 is 1.92. The van der Waals surface area contributed by atoms with Crippen LogP contribution in [-0.2, 0) is 12.3 Å². The summed E-state index contributed by atoms with van der Waals surface area (Å²) in [5, 5.41) is 0. The standard InChI is InChI=1S/C9H16N2S/c1-4-11-6-8(3)10-9(11)7-12-5-2/h6H,4-5,7H2,1-3H3. The van der Waals surface area contributed by atoms with Gasteiger partial charge in [-0.05, 0) is 19.6 Å². The van der Waals surface area contributed by atoms with Crippen molar-refractivity contribution >= 4 is 11.8 Å². The molecule has 0 aliphatic carbocycles. The zero-order valence-corrected chi connectivity index (χ0v) is 8.82. The van der Waals surface area contributed by atoms with Gasteiger partial charge in [0.25, 0.3) is 0 Å². The van der Waals surface area contributed by atoms with Crippen molar-refractivity contribution < 1.29 is 0 Å². The Morgan fingerprint density at radius 3 is 2.83 bits per heavy atom. The minimum absolute atomic E-state index is 1.03. The summed E-state index contributed by atoms with van der Waals surface area (Å²) < 4.78 is 2.22. The highest BCUT2D eigenvalue weighted by Gasteiger charge is 2.02. The molecule has 0 radical (unpaired) electrons. The first-order valence-corrected chi connectivity index (χ1v) is 5.53. The summed E-state index contributed by atoms with van der Waals surface area (Å²) in [5.74, 6) is 3.41. The van der Waals surface area contributed by atoms with Crippen molar-refractivity contribution in [3.8, 4) is 0 Å². The second-order valence-electron chi connectivity index (χ2n) is 2.72. The fraction of sp³-hybridized carbons (Fsp3) is 0.667. The molecule has 0 spiro atoms. The normalized spacial score (nSPS) is 10.6. The van der Waals surface area contributed by atoms with Gasteiger partial charge in [0.2, 0.25) is 0 Å². The number of hydrogen-bond donors (Lipinski definition) is 0. The second kappa shape index (κ2) is 4.55. The van der Waals surface area contributed by atoms with Gasteiger partial charge in [-0.25, -0.2) is 4.98 Å². The van der Waals surface area contributed by atoms with Crippen LogP contribution in [0.5, 0.6) is 0 Å². The smallest absolute Gasteiger partial charge is 0.118 e. The number of aromatic nitrogens is 2. The van der Waals surface area contributed by atoms with Crippen LogP contribution in [0, 0.1) is 6.92 Å². The average Bonchev–Trinajstić information content (AvgIpc) is 2.42. The van der Waals surface area contributed by atoms with Crippen LogP contribution in [-0.4, -0.2) is 15.3 Å². The van der Waals surface area contributed by atoms with Crippen LogP contribution >= 0.6 is 11.8 Å². The molecule has 12 heavy (non-hydrogen) atoms. The van der Waals surface area contributed by atoms with Crippen molar-refractivity contribution in [2.75, 3.05) is 5.75 Å². The third-order valence-electron chi connectivity index (χ3n) is 1.76. The molecule has 1 aromatic heterocycles. The highest BCUT2D eigenvalue weighted by Crippen LogP contribution is 2.11. The summed E-state index contributed by atoms with van der Waals surface area (Å²) in [6.07, 6.45) is 2.12. The molecule has 0 bridgehead atoms. The number of thioether (sulfide) groups is 1. The van der Waals surface area contributed by atoms with Crippen molar-refractivity contribution in [2.24, 2.45) is 0 Å². The van der Waals surface area contributed by atoms with Crippen molar-refractivity contribution in [3.05, 3.63) is 17.7 Å². The quantitative estimate of drug-likeness (QED) is 0.715. The van der Waals surface area contributed by atoms with Gasteiger partial charge in [-0.1, -0.05) is 6.92 Å². The minimum Gasteiger partial charge on any atom is -0.334 e. The van der Waals surface area contributed by atoms with Gasteiger partial charge in [0.1, 0.15) is 5.82 Å². The van der Waals surface area contributed by atoms with Gasteiger partial charge >= 0.3 is 0 Å². The van der Waals surface area contributed by atoms with E-state index in [1.54, 1.807) is 0 Å². The van der Waals surface area contributed by atoms with E-state index in [0.717, 1.165) is 23.7 Å². The molecule has 0 fully saturated rings. The fourth-order valence-corrected chi connectivity index (χ4v) is 1.80. The van der Waals surface area contributed by atoms with Crippen LogP contribution in [0.2, 0.25) is 0 Å². The third kappa shape index (κ3) is 2.27. The van der Waals surface area contributed by atoms with Gasteiger partial charge in [-0.3, -0.25) is 0 Å². The summed E-state index contributed by atoms with van der Waals surface area (Å²) in [7, 11) is 0. The lowest BCUT2D eigenvalue weighted by atomic mass is 10.6. The number of nitrogens with zero attached hydrogens (tertiary/aromatic N) is 2. The SMILES string of the molecule is CCSCc1nc(C)cn1CC. The van der Waals surface area contributed by atoms with Gasteiger partial charge in [0.15, 0.2) is 0 Å². The van der Waals surface area contributed by atoms with Gasteiger partial charge < -0.3 is 4.57 Å². The largest absolute Gasteiger partial charge is 0.334 e. The van der Waals surface area contributed by atoms with Gasteiger partial charge in [0.05, 0.1) is 11.4 Å². The molecule has 0 aliphatic heterocycles. The molecule has 3 heteroatoms. The molecule has 1 rings (SSSR count). The molecule has 0 atom stereocenters. The molecular weight excluding hydrogens is 168 g/mol. The lowest BCUT2D eigenvalue weighted by molar-refractivity contribution is 0.725. The van der Waals surface area contributed by atoms with Crippen LogP contribution in [0.4, 0.5) is 0 Å². The lowest BCUT2D eigenvalue weighted by Crippen LogP contribution is -1.98. The Balaban J connectivity index is 2.68. The van der Waals surface area contributed by atoms with Crippen molar-refractivity contribution in [1.29, 1.82) is 0 Å². The van der Waals surface area contributed by atoms with E-state index >= 15 is 0 Å². The van der Waals surface area contributed by atoms with E-state index in [4.69, 9.17) is 0 Å². The van der Waals surface area contributed by atoms with Gasteiger partial charge in [-0.15, -0.1) is 0 Å². The minimum atomic E-state index is 1.03. The number of rotatable bonds is 4. The monoisotopic (exact) mass is 184 g/mol. The van der Waals surface area contributed by atoms with Crippen LogP contribution in [0.15, 0.2) is 6.20 Å². The molecule has 68 valence electrons. The maximum absolute atomic E-state index is 4.46. The molecule has 0 saturated carbocycles. The zero-order valence-electron chi connectivity index (χ0n) is 8.00. The number of imidazole rings is 1. The number of hydrogen-bond acceptors (Lipinski definition) is 2. The summed E-state index contributed by atoms with van der Waals surface area (Å²) in [5.41, 5.74) is 1.13. The molecule has 0 N–H and O–H groups in total. The predicted molar refractivity (Wildman–Crippen MR) is 54.5 cm³/mol. The lowest BCUT2D eigenvalue weighted by Gasteiger charge is -2.02. The van der Waals surface area contributed by atoms with E-state index < -0.39 is 0 Å². The maximum Gasteiger partial charge on any atom is 0.118 e. The van der Waals surface area contributed by atoms with E-state index in [2.05, 4.69) is 29.6 Å². The Hall–Kier alpha value is -0.440. The summed E-state index contributed by atoms with van der Waals surface area (Å²) in [6.45, 7) is 7.41. The molecule has 0 aliphatic rings. The Morgan fingerprint density at radius 1 is 1.50 bits per heavy atom. The molecule has 0 saturated heterocycles. The molecule has 1 heterocycles. The first kappa shape index (κ1) is 9.65. The van der Waals surface area contributed by atoms with Crippen molar-refractivity contribution in [3.63, 3.8) is 0 Å². The fourth-order valence-electron chi connectivity index (χ4n) is 1.18. The Morgan fingerprint density at radius 2 is 2.25 bits per heavy atom. The predicted octanol–water partition coefficient (Wildman–Crippen LogP) is 2.46. The van der Waals surface area contributed by atoms with Crippen LogP contribution in [0.25, 0.3) is 0 Å². The Bertz CT molecular complexity index is 243. The van der Waals surface area contributed by atoms with Crippen LogP contribution in [0.1, 0.15) is 25.4 Å². The van der Waals surface area contributed by atoms with Crippen molar-refractivity contribution in [1.82, 2.24) is 9.55 Å². The van der Waals surface area contributed by atoms with E-state index in [9.17, 15) is 0 Å². The zero-order chi connectivity index (χ0) is 8.97. The first-order chi connectivity index (χ1) is 5.77. The Kier molecular flexibility index (Phi) is 3.66. The van der Waals surface area contributed by atoms with Crippen LogP contribution < -0.4 is 0 Å². The molecule has 0 amide bonds. The first-order valence-electron chi connectivity index (χ1n) is 4.38. The van der Waals surface area contributed by atoms with Crippen LogP contribution in [0.3, 0.4) is 0 Å². The Labute approximate surface area is 78.4 Å². The van der Waals surface area contributed by atoms with Gasteiger partial charge in [-0.2, -0.15) is 11.8 Å². The van der Waals surface area contributed by atoms with E-state index in [-0.39, 0.29) is 0 Å². The topological polar surface area (TPSA) is 17.8 Å². The van der Waals surface area contributed by atoms with E-state index in [0.29, 0.717) is 0 Å². The molecule has 0 unspecified atom stereocenters. The van der Waals surface area contributed by atoms with Crippen molar-refractivity contribution in [2.45, 2.75) is 33.1 Å². The highest BCUT2D eigenvalue weighted by atomic mass is 32.2.